The molecule has 0 aromatic heterocycles. The quantitative estimate of drug-likeness (QED) is 0.746. The van der Waals surface area contributed by atoms with Gasteiger partial charge in [0.25, 0.3) is 0 Å². The molecule has 1 aliphatic heterocycles. The first kappa shape index (κ1) is 18.1. The van der Waals surface area contributed by atoms with Crippen molar-refractivity contribution in [2.75, 3.05) is 11.9 Å². The second-order valence-electron chi connectivity index (χ2n) is 5.05. The minimum absolute atomic E-state index is 0.0629. The van der Waals surface area contributed by atoms with Gasteiger partial charge in [-0.15, -0.1) is 0 Å². The van der Waals surface area contributed by atoms with Crippen molar-refractivity contribution in [2.24, 2.45) is 4.99 Å². The Bertz CT molecular complexity index is 617. The molecule has 0 radical (unpaired) electrons. The number of carbonyl (C=O) groups is 2. The molecule has 1 heterocycles. The third-order valence-corrected chi connectivity index (χ3v) is 4.62. The maximum Gasteiger partial charge on any atom is 0.240 e. The molecule has 124 valence electrons. The van der Waals surface area contributed by atoms with Gasteiger partial charge in [-0.05, 0) is 24.6 Å². The van der Waals surface area contributed by atoms with Gasteiger partial charge in [0, 0.05) is 28.7 Å². The third-order valence-electron chi connectivity index (χ3n) is 3.06. The van der Waals surface area contributed by atoms with Crippen molar-refractivity contribution < 1.29 is 9.59 Å². The van der Waals surface area contributed by atoms with Crippen LogP contribution in [0.15, 0.2) is 23.2 Å². The molecule has 1 fully saturated rings. The molecular formula is C15H17Cl2N3O2S. The van der Waals surface area contributed by atoms with Crippen LogP contribution in [0.5, 0.6) is 0 Å². The minimum Gasteiger partial charge on any atom is -0.326 e. The van der Waals surface area contributed by atoms with Crippen molar-refractivity contribution in [2.45, 2.75) is 31.4 Å². The molecule has 0 bridgehead atoms. The van der Waals surface area contributed by atoms with Gasteiger partial charge in [0.15, 0.2) is 5.17 Å². The first-order valence-corrected chi connectivity index (χ1v) is 8.89. The summed E-state index contributed by atoms with van der Waals surface area (Å²) >= 11 is 13.1. The van der Waals surface area contributed by atoms with Crippen molar-refractivity contribution >= 4 is 57.6 Å². The smallest absolute Gasteiger partial charge is 0.240 e. The molecule has 1 atom stereocenters. The molecular weight excluding hydrogens is 357 g/mol. The highest BCUT2D eigenvalue weighted by molar-refractivity contribution is 8.15. The number of benzene rings is 1. The van der Waals surface area contributed by atoms with Crippen LogP contribution in [0.1, 0.15) is 26.2 Å². The summed E-state index contributed by atoms with van der Waals surface area (Å²) in [5.74, 6) is -0.463. The van der Waals surface area contributed by atoms with E-state index in [0.717, 1.165) is 12.8 Å². The number of aliphatic imine (C=N–C) groups is 1. The Hall–Kier alpha value is -1.24. The van der Waals surface area contributed by atoms with E-state index in [1.807, 2.05) is 0 Å². The number of carbonyl (C=O) groups excluding carboxylic acids is 2. The van der Waals surface area contributed by atoms with Gasteiger partial charge in [0.2, 0.25) is 11.8 Å². The Balaban J connectivity index is 1.90. The van der Waals surface area contributed by atoms with Gasteiger partial charge in [-0.2, -0.15) is 0 Å². The Morgan fingerprint density at radius 1 is 1.35 bits per heavy atom. The molecule has 1 aromatic carbocycles. The number of halogens is 2. The molecule has 23 heavy (non-hydrogen) atoms. The van der Waals surface area contributed by atoms with E-state index < -0.39 is 5.25 Å². The zero-order valence-corrected chi connectivity index (χ0v) is 14.9. The summed E-state index contributed by atoms with van der Waals surface area (Å²) in [6.45, 7) is 2.76. The monoisotopic (exact) mass is 373 g/mol. The molecule has 2 N–H and O–H groups in total. The SMILES string of the molecule is CCCCN=C1NC(=O)C(CC(=O)Nc2cc(Cl)cc(Cl)c2)S1. The van der Waals surface area contributed by atoms with Crippen LogP contribution in [-0.2, 0) is 9.59 Å². The predicted molar refractivity (Wildman–Crippen MR) is 96.4 cm³/mol. The molecule has 2 amide bonds. The van der Waals surface area contributed by atoms with E-state index in [9.17, 15) is 9.59 Å². The van der Waals surface area contributed by atoms with Crippen molar-refractivity contribution in [3.05, 3.63) is 28.2 Å². The Morgan fingerprint density at radius 2 is 2.04 bits per heavy atom. The molecule has 1 aliphatic rings. The fraction of sp³-hybridized carbons (Fsp3) is 0.400. The standard InChI is InChI=1S/C15H17Cl2N3O2S/c1-2-3-4-18-15-20-14(22)12(23-15)8-13(21)19-11-6-9(16)5-10(17)7-11/h5-7,12H,2-4,8H2,1H3,(H,19,21)(H,18,20,22). The highest BCUT2D eigenvalue weighted by Crippen LogP contribution is 2.25. The van der Waals surface area contributed by atoms with E-state index >= 15 is 0 Å². The number of rotatable bonds is 6. The van der Waals surface area contributed by atoms with Gasteiger partial charge in [-0.25, -0.2) is 0 Å². The summed E-state index contributed by atoms with van der Waals surface area (Å²) in [5, 5.41) is 6.39. The largest absolute Gasteiger partial charge is 0.326 e. The summed E-state index contributed by atoms with van der Waals surface area (Å²) in [4.78, 5) is 28.3. The van der Waals surface area contributed by atoms with E-state index in [-0.39, 0.29) is 18.2 Å². The third kappa shape index (κ3) is 5.71. The zero-order chi connectivity index (χ0) is 16.8. The number of anilines is 1. The zero-order valence-electron chi connectivity index (χ0n) is 12.6. The molecule has 1 saturated heterocycles. The van der Waals surface area contributed by atoms with Crippen molar-refractivity contribution in [3.8, 4) is 0 Å². The molecule has 0 aliphatic carbocycles. The van der Waals surface area contributed by atoms with Crippen LogP contribution >= 0.6 is 35.0 Å². The number of nitrogens with zero attached hydrogens (tertiary/aromatic N) is 1. The average Bonchev–Trinajstić information content (AvgIpc) is 2.78. The first-order valence-electron chi connectivity index (χ1n) is 7.26. The number of amides is 2. The topological polar surface area (TPSA) is 70.6 Å². The average molecular weight is 374 g/mol. The van der Waals surface area contributed by atoms with Crippen LogP contribution in [0.4, 0.5) is 5.69 Å². The van der Waals surface area contributed by atoms with Gasteiger partial charge in [-0.3, -0.25) is 14.6 Å². The van der Waals surface area contributed by atoms with Crippen molar-refractivity contribution in [1.29, 1.82) is 0 Å². The van der Waals surface area contributed by atoms with Crippen LogP contribution in [0, 0.1) is 0 Å². The molecule has 1 aromatic rings. The highest BCUT2D eigenvalue weighted by Gasteiger charge is 2.31. The molecule has 2 rings (SSSR count). The van der Waals surface area contributed by atoms with Crippen LogP contribution in [0.2, 0.25) is 10.0 Å². The summed E-state index contributed by atoms with van der Waals surface area (Å²) in [7, 11) is 0. The summed E-state index contributed by atoms with van der Waals surface area (Å²) in [6, 6.07) is 4.79. The number of thioether (sulfide) groups is 1. The number of hydrogen-bond donors (Lipinski definition) is 2. The van der Waals surface area contributed by atoms with E-state index in [2.05, 4.69) is 22.5 Å². The van der Waals surface area contributed by atoms with Gasteiger partial charge < -0.3 is 10.6 Å². The number of nitrogens with one attached hydrogen (secondary N) is 2. The van der Waals surface area contributed by atoms with Gasteiger partial charge >= 0.3 is 0 Å². The van der Waals surface area contributed by atoms with Crippen LogP contribution < -0.4 is 10.6 Å². The fourth-order valence-corrected chi connectivity index (χ4v) is 3.48. The lowest BCUT2D eigenvalue weighted by atomic mass is 10.2. The van der Waals surface area contributed by atoms with Crippen LogP contribution in [0.3, 0.4) is 0 Å². The Morgan fingerprint density at radius 3 is 2.70 bits per heavy atom. The van der Waals surface area contributed by atoms with Crippen molar-refractivity contribution in [1.82, 2.24) is 5.32 Å². The second-order valence-corrected chi connectivity index (χ2v) is 7.11. The fourth-order valence-electron chi connectivity index (χ4n) is 1.96. The molecule has 5 nitrogen and oxygen atoms in total. The van der Waals surface area contributed by atoms with Gasteiger partial charge in [0.05, 0.1) is 0 Å². The van der Waals surface area contributed by atoms with Crippen molar-refractivity contribution in [3.63, 3.8) is 0 Å². The Labute approximate surface area is 149 Å². The second kappa shape index (κ2) is 8.57. The van der Waals surface area contributed by atoms with Crippen LogP contribution in [0.25, 0.3) is 0 Å². The van der Waals surface area contributed by atoms with Gasteiger partial charge in [-0.1, -0.05) is 48.3 Å². The lowest BCUT2D eigenvalue weighted by Crippen LogP contribution is -2.28. The van der Waals surface area contributed by atoms with E-state index in [1.165, 1.54) is 11.8 Å². The lowest BCUT2D eigenvalue weighted by molar-refractivity contribution is -0.122. The van der Waals surface area contributed by atoms with E-state index in [0.29, 0.717) is 27.4 Å². The Kier molecular flexibility index (Phi) is 6.74. The number of unbranched alkanes of at least 4 members (excludes halogenated alkanes) is 1. The maximum absolute atomic E-state index is 12.1. The number of hydrogen-bond acceptors (Lipinski definition) is 4. The summed E-state index contributed by atoms with van der Waals surface area (Å²) in [6.07, 6.45) is 2.08. The number of amidine groups is 1. The van der Waals surface area contributed by atoms with Gasteiger partial charge in [0.1, 0.15) is 5.25 Å². The summed E-state index contributed by atoms with van der Waals surface area (Å²) in [5.41, 5.74) is 0.507. The lowest BCUT2D eigenvalue weighted by Gasteiger charge is -2.08. The molecule has 0 spiro atoms. The first-order chi connectivity index (χ1) is 11.0. The molecule has 1 unspecified atom stereocenters. The molecule has 0 saturated carbocycles. The normalized spacial score (nSPS) is 19.0. The molecule has 8 heteroatoms. The highest BCUT2D eigenvalue weighted by atomic mass is 35.5. The van der Waals surface area contributed by atoms with E-state index in [1.54, 1.807) is 18.2 Å². The maximum atomic E-state index is 12.1. The van der Waals surface area contributed by atoms with Crippen LogP contribution in [-0.4, -0.2) is 28.8 Å². The van der Waals surface area contributed by atoms with E-state index in [4.69, 9.17) is 23.2 Å². The summed E-state index contributed by atoms with van der Waals surface area (Å²) < 4.78 is 0. The predicted octanol–water partition coefficient (Wildman–Crippen LogP) is 3.71. The minimum atomic E-state index is -0.468.